The molecule has 0 saturated carbocycles. The summed E-state index contributed by atoms with van der Waals surface area (Å²) in [7, 11) is 0. The maximum atomic E-state index is 4.76. The van der Waals surface area contributed by atoms with E-state index in [4.69, 9.17) is 4.98 Å². The second-order valence-electron chi connectivity index (χ2n) is 4.80. The number of nitrogens with zero attached hydrogens (tertiary/aromatic N) is 2. The molecule has 1 aromatic carbocycles. The molecule has 1 unspecified atom stereocenters. The molecule has 1 N–H and O–H groups in total. The van der Waals surface area contributed by atoms with Gasteiger partial charge in [-0.3, -0.25) is 4.98 Å². The number of nitrogens with one attached hydrogen (secondary N) is 1. The van der Waals surface area contributed by atoms with E-state index in [1.165, 1.54) is 4.70 Å². The van der Waals surface area contributed by atoms with Crippen molar-refractivity contribution in [3.05, 3.63) is 57.8 Å². The zero-order valence-corrected chi connectivity index (χ0v) is 14.1. The molecule has 2 aromatic heterocycles. The van der Waals surface area contributed by atoms with Gasteiger partial charge in [-0.15, -0.1) is 11.3 Å². The van der Waals surface area contributed by atoms with Crippen molar-refractivity contribution in [1.29, 1.82) is 0 Å². The highest BCUT2D eigenvalue weighted by molar-refractivity contribution is 9.10. The van der Waals surface area contributed by atoms with Crippen molar-refractivity contribution in [2.75, 3.05) is 6.54 Å². The van der Waals surface area contributed by atoms with E-state index in [0.717, 1.165) is 33.7 Å². The number of benzene rings is 1. The lowest BCUT2D eigenvalue weighted by molar-refractivity contribution is 0.542. The van der Waals surface area contributed by atoms with E-state index in [-0.39, 0.29) is 6.04 Å². The van der Waals surface area contributed by atoms with Gasteiger partial charge in [0.05, 0.1) is 16.3 Å². The van der Waals surface area contributed by atoms with Gasteiger partial charge >= 0.3 is 0 Å². The molecule has 0 aliphatic heterocycles. The summed E-state index contributed by atoms with van der Waals surface area (Å²) in [6.07, 6.45) is 2.69. The summed E-state index contributed by atoms with van der Waals surface area (Å²) >= 11 is 5.18. The van der Waals surface area contributed by atoms with E-state index in [1.807, 2.05) is 18.3 Å². The molecule has 21 heavy (non-hydrogen) atoms. The van der Waals surface area contributed by atoms with E-state index in [1.54, 1.807) is 11.3 Å². The lowest BCUT2D eigenvalue weighted by Crippen LogP contribution is -2.23. The predicted octanol–water partition coefficient (Wildman–Crippen LogP) is 4.35. The summed E-state index contributed by atoms with van der Waals surface area (Å²) in [5, 5.41) is 4.65. The average Bonchev–Trinajstić information content (AvgIpc) is 2.93. The molecule has 2 heterocycles. The molecule has 0 spiro atoms. The van der Waals surface area contributed by atoms with Crippen molar-refractivity contribution < 1.29 is 0 Å². The quantitative estimate of drug-likeness (QED) is 0.733. The molecule has 0 aliphatic carbocycles. The van der Waals surface area contributed by atoms with Crippen molar-refractivity contribution in [3.63, 3.8) is 0 Å². The van der Waals surface area contributed by atoms with E-state index < -0.39 is 0 Å². The fourth-order valence-corrected chi connectivity index (χ4v) is 3.55. The molecule has 0 radical (unpaired) electrons. The van der Waals surface area contributed by atoms with Crippen LogP contribution in [0.4, 0.5) is 0 Å². The first-order chi connectivity index (χ1) is 10.3. The predicted molar refractivity (Wildman–Crippen MR) is 91.7 cm³/mol. The largest absolute Gasteiger partial charge is 0.308 e. The third-order valence-electron chi connectivity index (χ3n) is 3.26. The Labute approximate surface area is 136 Å². The van der Waals surface area contributed by atoms with Crippen molar-refractivity contribution in [2.45, 2.75) is 19.4 Å². The zero-order valence-electron chi connectivity index (χ0n) is 11.7. The first kappa shape index (κ1) is 14.6. The van der Waals surface area contributed by atoms with Gasteiger partial charge in [0.2, 0.25) is 0 Å². The van der Waals surface area contributed by atoms with Gasteiger partial charge in [-0.25, -0.2) is 4.98 Å². The highest BCUT2D eigenvalue weighted by Gasteiger charge is 2.16. The van der Waals surface area contributed by atoms with Crippen LogP contribution in [-0.4, -0.2) is 16.5 Å². The normalized spacial score (nSPS) is 12.7. The number of pyridine rings is 1. The van der Waals surface area contributed by atoms with Gasteiger partial charge in [0.25, 0.3) is 0 Å². The summed E-state index contributed by atoms with van der Waals surface area (Å²) in [6, 6.07) is 12.6. The topological polar surface area (TPSA) is 37.8 Å². The number of fused-ring (bicyclic) bond motifs is 1. The average molecular weight is 362 g/mol. The first-order valence-electron chi connectivity index (χ1n) is 6.95. The fraction of sp³-hybridized carbons (Fsp3) is 0.250. The number of para-hydroxylation sites is 1. The molecule has 3 nitrogen and oxygen atoms in total. The molecule has 0 aliphatic rings. The molecule has 0 amide bonds. The minimum Gasteiger partial charge on any atom is -0.308 e. The second-order valence-corrected chi connectivity index (χ2v) is 6.78. The van der Waals surface area contributed by atoms with Crippen LogP contribution in [-0.2, 0) is 6.42 Å². The molecule has 0 bridgehead atoms. The lowest BCUT2D eigenvalue weighted by Gasteiger charge is -2.14. The summed E-state index contributed by atoms with van der Waals surface area (Å²) in [5.74, 6) is 0. The summed E-state index contributed by atoms with van der Waals surface area (Å²) in [4.78, 5) is 9.23. The molecule has 3 aromatic rings. The smallest absolute Gasteiger partial charge is 0.111 e. The third-order valence-corrected chi connectivity index (χ3v) is 4.88. The van der Waals surface area contributed by atoms with Gasteiger partial charge in [0.15, 0.2) is 0 Å². The highest BCUT2D eigenvalue weighted by Crippen LogP contribution is 2.28. The minimum absolute atomic E-state index is 0.209. The number of hydrogen-bond donors (Lipinski definition) is 1. The number of likely N-dealkylation sites (N-methyl/N-ethyl adjacent to an activating group) is 1. The van der Waals surface area contributed by atoms with Crippen molar-refractivity contribution in [3.8, 4) is 0 Å². The van der Waals surface area contributed by atoms with E-state index >= 15 is 0 Å². The Balaban J connectivity index is 1.87. The fourth-order valence-electron chi connectivity index (χ4n) is 2.27. The standard InChI is InChI=1S/C16H16BrN3S/c1-2-18-14(9-12-8-7-11(17)10-19-12)16-20-13-5-3-4-6-15(13)21-16/h3-8,10,14,18H,2,9H2,1H3. The molecule has 1 atom stereocenters. The van der Waals surface area contributed by atoms with Crippen LogP contribution in [0.15, 0.2) is 47.1 Å². The maximum absolute atomic E-state index is 4.76. The second kappa shape index (κ2) is 6.64. The van der Waals surface area contributed by atoms with Gasteiger partial charge < -0.3 is 5.32 Å². The minimum atomic E-state index is 0.209. The van der Waals surface area contributed by atoms with Crippen molar-refractivity contribution in [1.82, 2.24) is 15.3 Å². The first-order valence-corrected chi connectivity index (χ1v) is 8.56. The number of aromatic nitrogens is 2. The van der Waals surface area contributed by atoms with Crippen LogP contribution in [0, 0.1) is 0 Å². The van der Waals surface area contributed by atoms with Crippen LogP contribution in [0.2, 0.25) is 0 Å². The van der Waals surface area contributed by atoms with Crippen LogP contribution < -0.4 is 5.32 Å². The van der Waals surface area contributed by atoms with Crippen molar-refractivity contribution >= 4 is 37.5 Å². The van der Waals surface area contributed by atoms with Crippen LogP contribution in [0.1, 0.15) is 23.7 Å². The Kier molecular flexibility index (Phi) is 4.63. The van der Waals surface area contributed by atoms with Crippen LogP contribution in [0.5, 0.6) is 0 Å². The lowest BCUT2D eigenvalue weighted by atomic mass is 10.1. The number of halogens is 1. The van der Waals surface area contributed by atoms with Crippen LogP contribution in [0.3, 0.4) is 0 Å². The third kappa shape index (κ3) is 3.48. The number of rotatable bonds is 5. The Bertz CT molecular complexity index is 691. The van der Waals surface area contributed by atoms with E-state index in [0.29, 0.717) is 0 Å². The summed E-state index contributed by atoms with van der Waals surface area (Å²) < 4.78 is 2.24. The van der Waals surface area contributed by atoms with Crippen LogP contribution in [0.25, 0.3) is 10.2 Å². The molecule has 3 rings (SSSR count). The van der Waals surface area contributed by atoms with Crippen molar-refractivity contribution in [2.24, 2.45) is 0 Å². The van der Waals surface area contributed by atoms with Gasteiger partial charge in [0, 0.05) is 22.8 Å². The Hall–Kier alpha value is -1.30. The molecule has 0 fully saturated rings. The van der Waals surface area contributed by atoms with Gasteiger partial charge in [-0.2, -0.15) is 0 Å². The molecule has 108 valence electrons. The van der Waals surface area contributed by atoms with Crippen LogP contribution >= 0.6 is 27.3 Å². The Morgan fingerprint density at radius 3 is 2.81 bits per heavy atom. The molecular weight excluding hydrogens is 346 g/mol. The SMILES string of the molecule is CCNC(Cc1ccc(Br)cn1)c1nc2ccccc2s1. The van der Waals surface area contributed by atoms with Gasteiger partial charge in [-0.05, 0) is 46.7 Å². The van der Waals surface area contributed by atoms with Gasteiger partial charge in [0.1, 0.15) is 5.01 Å². The summed E-state index contributed by atoms with van der Waals surface area (Å²) in [6.45, 7) is 3.03. The van der Waals surface area contributed by atoms with E-state index in [9.17, 15) is 0 Å². The molecule has 5 heteroatoms. The van der Waals surface area contributed by atoms with E-state index in [2.05, 4.69) is 57.4 Å². The van der Waals surface area contributed by atoms with Gasteiger partial charge in [-0.1, -0.05) is 19.1 Å². The summed E-state index contributed by atoms with van der Waals surface area (Å²) in [5.41, 5.74) is 2.15. The maximum Gasteiger partial charge on any atom is 0.111 e. The monoisotopic (exact) mass is 361 g/mol. The number of thiazole rings is 1. The molecule has 0 saturated heterocycles. The number of hydrogen-bond acceptors (Lipinski definition) is 4. The highest BCUT2D eigenvalue weighted by atomic mass is 79.9. The Morgan fingerprint density at radius 2 is 2.10 bits per heavy atom. The molecular formula is C16H16BrN3S. The zero-order chi connectivity index (χ0) is 14.7. The Morgan fingerprint density at radius 1 is 1.24 bits per heavy atom.